The summed E-state index contributed by atoms with van der Waals surface area (Å²) in [6.45, 7) is 6.41. The smallest absolute Gasteiger partial charge is 0.250 e. The van der Waals surface area contributed by atoms with Crippen molar-refractivity contribution in [1.82, 2.24) is 9.88 Å². The maximum Gasteiger partial charge on any atom is 0.250 e. The van der Waals surface area contributed by atoms with Crippen molar-refractivity contribution >= 4 is 28.4 Å². The summed E-state index contributed by atoms with van der Waals surface area (Å²) >= 11 is 6.03. The topological polar surface area (TPSA) is 98.7 Å². The molecule has 0 bridgehead atoms. The molecule has 1 heterocycles. The van der Waals surface area contributed by atoms with E-state index < -0.39 is 5.91 Å². The van der Waals surface area contributed by atoms with Crippen molar-refractivity contribution in [3.8, 4) is 11.5 Å². The molecule has 0 fully saturated rings. The largest absolute Gasteiger partial charge is 0.490 e. The van der Waals surface area contributed by atoms with Gasteiger partial charge in [-0.25, -0.2) is 0 Å². The highest BCUT2D eigenvalue weighted by atomic mass is 35.5. The second-order valence-corrected chi connectivity index (χ2v) is 8.40. The molecule has 0 aliphatic heterocycles. The number of carbonyl (C=O) groups is 1. The number of nitrogens with zero attached hydrogens (tertiary/aromatic N) is 1. The predicted molar refractivity (Wildman–Crippen MR) is 131 cm³/mol. The van der Waals surface area contributed by atoms with Crippen molar-refractivity contribution in [2.45, 2.75) is 39.3 Å². The summed E-state index contributed by atoms with van der Waals surface area (Å²) in [7, 11) is 0. The van der Waals surface area contributed by atoms with Gasteiger partial charge in [0.1, 0.15) is 6.61 Å². The molecule has 33 heavy (non-hydrogen) atoms. The number of benzene rings is 2. The highest BCUT2D eigenvalue weighted by Crippen LogP contribution is 2.30. The number of aryl methyl sites for hydroxylation is 1. The van der Waals surface area contributed by atoms with Crippen molar-refractivity contribution in [2.75, 3.05) is 26.4 Å². The second kappa shape index (κ2) is 11.9. The van der Waals surface area contributed by atoms with Gasteiger partial charge >= 0.3 is 0 Å². The average molecular weight is 474 g/mol. The highest BCUT2D eigenvalue weighted by Gasteiger charge is 2.15. The molecule has 0 saturated heterocycles. The van der Waals surface area contributed by atoms with E-state index in [1.807, 2.05) is 35.9 Å². The summed E-state index contributed by atoms with van der Waals surface area (Å²) in [6.07, 6.45) is 3.29. The highest BCUT2D eigenvalue weighted by molar-refractivity contribution is 6.30. The van der Waals surface area contributed by atoms with Crippen LogP contribution in [0.2, 0.25) is 5.02 Å². The molecule has 0 saturated carbocycles. The Morgan fingerprint density at radius 3 is 2.76 bits per heavy atom. The van der Waals surface area contributed by atoms with E-state index >= 15 is 0 Å². The quantitative estimate of drug-likeness (QED) is 0.328. The third kappa shape index (κ3) is 6.63. The Balaban J connectivity index is 1.60. The van der Waals surface area contributed by atoms with Crippen molar-refractivity contribution < 1.29 is 19.4 Å². The molecule has 0 aliphatic carbocycles. The minimum absolute atomic E-state index is 0.0987. The number of hydrogen-bond donors (Lipinski definition) is 3. The number of primary amides is 1. The van der Waals surface area contributed by atoms with Crippen LogP contribution in [0, 0.1) is 0 Å². The number of aliphatic hydroxyl groups is 1. The van der Waals surface area contributed by atoms with Crippen LogP contribution >= 0.6 is 11.6 Å². The first-order chi connectivity index (χ1) is 15.9. The lowest BCUT2D eigenvalue weighted by Crippen LogP contribution is -2.32. The Kier molecular flexibility index (Phi) is 9.00. The Hall–Kier alpha value is -2.74. The zero-order valence-corrected chi connectivity index (χ0v) is 19.9. The summed E-state index contributed by atoms with van der Waals surface area (Å²) in [6, 6.07) is 11.4. The number of fused-ring (bicyclic) bond motifs is 1. The molecule has 4 N–H and O–H groups in total. The molecule has 1 aromatic heterocycles. The zero-order valence-electron chi connectivity index (χ0n) is 19.1. The van der Waals surface area contributed by atoms with Gasteiger partial charge in [0.05, 0.1) is 17.7 Å². The fourth-order valence-corrected chi connectivity index (χ4v) is 4.07. The summed E-state index contributed by atoms with van der Waals surface area (Å²) in [5, 5.41) is 14.2. The SMILES string of the molecule is CCOc1cc(Cl)ccc1OCCNC(C)Cc1cc(C(N)=O)c2c(ccn2CCCO)c1. The molecular formula is C25H32ClN3O4. The van der Waals surface area contributed by atoms with Gasteiger partial charge in [0.2, 0.25) is 0 Å². The molecule has 3 aromatic rings. The lowest BCUT2D eigenvalue weighted by molar-refractivity contribution is 0.100. The number of nitrogens with two attached hydrogens (primary N) is 1. The maximum absolute atomic E-state index is 12.1. The van der Waals surface area contributed by atoms with E-state index in [2.05, 4.69) is 18.3 Å². The van der Waals surface area contributed by atoms with Gasteiger partial charge in [-0.05, 0) is 62.6 Å². The number of halogens is 1. The van der Waals surface area contributed by atoms with E-state index in [1.54, 1.807) is 12.1 Å². The monoisotopic (exact) mass is 473 g/mol. The van der Waals surface area contributed by atoms with Crippen molar-refractivity contribution in [3.63, 3.8) is 0 Å². The molecule has 7 nitrogen and oxygen atoms in total. The molecule has 0 aliphatic rings. The number of nitrogens with one attached hydrogen (secondary N) is 1. The van der Waals surface area contributed by atoms with Crippen molar-refractivity contribution in [2.24, 2.45) is 5.73 Å². The van der Waals surface area contributed by atoms with Crippen LogP contribution in [0.15, 0.2) is 42.6 Å². The Bertz CT molecular complexity index is 1080. The maximum atomic E-state index is 12.1. The third-order valence-corrected chi connectivity index (χ3v) is 5.58. The van der Waals surface area contributed by atoms with E-state index in [0.29, 0.717) is 54.8 Å². The summed E-state index contributed by atoms with van der Waals surface area (Å²) in [4.78, 5) is 12.1. The van der Waals surface area contributed by atoms with Crippen LogP contribution in [0.3, 0.4) is 0 Å². The molecule has 2 aromatic carbocycles. The van der Waals surface area contributed by atoms with Crippen molar-refractivity contribution in [3.05, 3.63) is 58.7 Å². The molecular weight excluding hydrogens is 442 g/mol. The lowest BCUT2D eigenvalue weighted by atomic mass is 10.0. The van der Waals surface area contributed by atoms with Gasteiger partial charge in [0.25, 0.3) is 5.91 Å². The fourth-order valence-electron chi connectivity index (χ4n) is 3.91. The third-order valence-electron chi connectivity index (χ3n) is 5.34. The van der Waals surface area contributed by atoms with Crippen LogP contribution in [-0.4, -0.2) is 48.0 Å². The normalized spacial score (nSPS) is 12.1. The van der Waals surface area contributed by atoms with Gasteiger partial charge in [-0.1, -0.05) is 11.6 Å². The molecule has 1 atom stereocenters. The molecule has 0 radical (unpaired) electrons. The first-order valence-electron chi connectivity index (χ1n) is 11.2. The number of carbonyl (C=O) groups excluding carboxylic acids is 1. The van der Waals surface area contributed by atoms with Crippen LogP contribution in [0.5, 0.6) is 11.5 Å². The fraction of sp³-hybridized carbons (Fsp3) is 0.400. The van der Waals surface area contributed by atoms with Crippen LogP contribution in [0.25, 0.3) is 10.9 Å². The number of rotatable bonds is 13. The van der Waals surface area contributed by atoms with Gasteiger partial charge < -0.3 is 30.2 Å². The number of aliphatic hydroxyl groups excluding tert-OH is 1. The van der Waals surface area contributed by atoms with Gasteiger partial charge in [0.15, 0.2) is 11.5 Å². The number of hydrogen-bond acceptors (Lipinski definition) is 5. The Morgan fingerprint density at radius 2 is 2.03 bits per heavy atom. The second-order valence-electron chi connectivity index (χ2n) is 7.96. The van der Waals surface area contributed by atoms with Gasteiger partial charge in [0, 0.05) is 48.4 Å². The van der Waals surface area contributed by atoms with Crippen LogP contribution in [0.1, 0.15) is 36.2 Å². The Labute approximate surface area is 199 Å². The molecule has 8 heteroatoms. The standard InChI is InChI=1S/C25H32ClN3O4/c1-3-32-23-16-20(26)5-6-22(23)33-12-8-28-17(2)13-18-14-19-7-10-29(9-4-11-30)24(19)21(15-18)25(27)31/h5-7,10,14-17,28,30H,3-4,8-9,11-13H2,1-2H3,(H2,27,31). The van der Waals surface area contributed by atoms with Gasteiger partial charge in [-0.15, -0.1) is 0 Å². The van der Waals surface area contributed by atoms with E-state index in [4.69, 9.17) is 31.9 Å². The first kappa shape index (κ1) is 24.9. The molecule has 178 valence electrons. The van der Waals surface area contributed by atoms with E-state index in [1.165, 1.54) is 0 Å². The minimum atomic E-state index is -0.451. The minimum Gasteiger partial charge on any atom is -0.490 e. The molecule has 1 amide bonds. The van der Waals surface area contributed by atoms with Crippen LogP contribution in [-0.2, 0) is 13.0 Å². The number of amides is 1. The average Bonchev–Trinajstić information content (AvgIpc) is 3.18. The van der Waals surface area contributed by atoms with Gasteiger partial charge in [-0.2, -0.15) is 0 Å². The van der Waals surface area contributed by atoms with E-state index in [9.17, 15) is 4.79 Å². The predicted octanol–water partition coefficient (Wildman–Crippen LogP) is 3.77. The van der Waals surface area contributed by atoms with E-state index in [0.717, 1.165) is 22.9 Å². The van der Waals surface area contributed by atoms with Crippen LogP contribution < -0.4 is 20.5 Å². The summed E-state index contributed by atoms with van der Waals surface area (Å²) in [5.74, 6) is 0.849. The summed E-state index contributed by atoms with van der Waals surface area (Å²) < 4.78 is 13.4. The van der Waals surface area contributed by atoms with Gasteiger partial charge in [-0.3, -0.25) is 4.79 Å². The molecule has 0 spiro atoms. The lowest BCUT2D eigenvalue weighted by Gasteiger charge is -2.17. The summed E-state index contributed by atoms with van der Waals surface area (Å²) in [5.41, 5.74) is 8.04. The zero-order chi connectivity index (χ0) is 23.8. The van der Waals surface area contributed by atoms with Crippen LogP contribution in [0.4, 0.5) is 0 Å². The first-order valence-corrected chi connectivity index (χ1v) is 11.6. The van der Waals surface area contributed by atoms with E-state index in [-0.39, 0.29) is 12.6 Å². The Morgan fingerprint density at radius 1 is 1.21 bits per heavy atom. The van der Waals surface area contributed by atoms with Crippen molar-refractivity contribution in [1.29, 1.82) is 0 Å². The number of ether oxygens (including phenoxy) is 2. The number of aromatic nitrogens is 1. The molecule has 3 rings (SSSR count). The molecule has 1 unspecified atom stereocenters.